The van der Waals surface area contributed by atoms with E-state index in [9.17, 15) is 9.90 Å². The first-order valence-electron chi connectivity index (χ1n) is 10.6. The maximum Gasteiger partial charge on any atom is 0.304 e. The van der Waals surface area contributed by atoms with Gasteiger partial charge >= 0.3 is 5.97 Å². The Balaban J connectivity index is 2.02. The van der Waals surface area contributed by atoms with Gasteiger partial charge in [-0.15, -0.1) is 0 Å². The van der Waals surface area contributed by atoms with Crippen molar-refractivity contribution in [1.82, 2.24) is 0 Å². The number of methoxy groups -OCH3 is 1. The van der Waals surface area contributed by atoms with Crippen LogP contribution in [0.5, 0.6) is 0 Å². The lowest BCUT2D eigenvalue weighted by molar-refractivity contribution is -0.137. The Labute approximate surface area is 189 Å². The van der Waals surface area contributed by atoms with Gasteiger partial charge in [0.1, 0.15) is 0 Å². The molecule has 0 spiro atoms. The molecule has 7 heteroatoms. The summed E-state index contributed by atoms with van der Waals surface area (Å²) in [7, 11) is 1.59. The molecule has 0 bridgehead atoms. The third-order valence-electron chi connectivity index (χ3n) is 5.65. The van der Waals surface area contributed by atoms with Crippen molar-refractivity contribution in [2.75, 3.05) is 43.7 Å². The molecule has 1 unspecified atom stereocenters. The van der Waals surface area contributed by atoms with Crippen LogP contribution in [0.3, 0.4) is 0 Å². The van der Waals surface area contributed by atoms with Gasteiger partial charge in [0.25, 0.3) is 0 Å². The lowest BCUT2D eigenvalue weighted by atomic mass is 9.94. The van der Waals surface area contributed by atoms with Crippen LogP contribution in [0.15, 0.2) is 42.5 Å². The molecule has 6 nitrogen and oxygen atoms in total. The molecule has 2 aromatic rings. The minimum Gasteiger partial charge on any atom is -0.481 e. The molecule has 31 heavy (non-hydrogen) atoms. The van der Waals surface area contributed by atoms with Crippen LogP contribution in [0.25, 0.3) is 0 Å². The van der Waals surface area contributed by atoms with Crippen LogP contribution in [0.2, 0.25) is 5.02 Å². The molecule has 2 atom stereocenters. The van der Waals surface area contributed by atoms with Gasteiger partial charge in [0.05, 0.1) is 43.7 Å². The maximum absolute atomic E-state index is 11.4. The van der Waals surface area contributed by atoms with E-state index in [1.165, 1.54) is 0 Å². The second-order valence-electron chi connectivity index (χ2n) is 8.24. The Kier molecular flexibility index (Phi) is 8.18. The van der Waals surface area contributed by atoms with Gasteiger partial charge in [0, 0.05) is 30.3 Å². The number of morpholine rings is 1. The number of benzene rings is 2. The number of carbonyl (C=O) groups is 1. The normalized spacial score (nSPS) is 17.6. The second-order valence-corrected chi connectivity index (χ2v) is 8.67. The number of carboxylic acid groups (broad SMARTS) is 1. The molecule has 0 amide bonds. The zero-order valence-corrected chi connectivity index (χ0v) is 19.1. The fourth-order valence-corrected chi connectivity index (χ4v) is 4.13. The average molecular weight is 447 g/mol. The van der Waals surface area contributed by atoms with E-state index < -0.39 is 5.97 Å². The SMILES string of the molecule is COCC(CC(=O)O)c1ccc(N2CCOC[C@@H]2C(C)C)c(Nc2ccc(Cl)cc2)c1. The van der Waals surface area contributed by atoms with E-state index in [4.69, 9.17) is 21.1 Å². The van der Waals surface area contributed by atoms with Gasteiger partial charge in [-0.05, 0) is 47.9 Å². The van der Waals surface area contributed by atoms with E-state index in [0.717, 1.165) is 29.2 Å². The number of aliphatic carboxylic acids is 1. The largest absolute Gasteiger partial charge is 0.481 e. The summed E-state index contributed by atoms with van der Waals surface area (Å²) in [6.07, 6.45) is 0.0136. The quantitative estimate of drug-likeness (QED) is 0.555. The predicted molar refractivity (Wildman–Crippen MR) is 125 cm³/mol. The Bertz CT molecular complexity index is 872. The lowest BCUT2D eigenvalue weighted by Gasteiger charge is -2.40. The van der Waals surface area contributed by atoms with Crippen LogP contribution in [0, 0.1) is 5.92 Å². The molecule has 0 saturated carbocycles. The van der Waals surface area contributed by atoms with Crippen LogP contribution in [-0.4, -0.2) is 50.6 Å². The Morgan fingerprint density at radius 2 is 2.03 bits per heavy atom. The van der Waals surface area contributed by atoms with Crippen LogP contribution >= 0.6 is 11.6 Å². The molecule has 1 aliphatic heterocycles. The van der Waals surface area contributed by atoms with Crippen molar-refractivity contribution in [3.63, 3.8) is 0 Å². The predicted octanol–water partition coefficient (Wildman–Crippen LogP) is 5.15. The van der Waals surface area contributed by atoms with Gasteiger partial charge in [0.2, 0.25) is 0 Å². The van der Waals surface area contributed by atoms with Crippen molar-refractivity contribution in [2.24, 2.45) is 5.92 Å². The van der Waals surface area contributed by atoms with Gasteiger partial charge in [-0.1, -0.05) is 31.5 Å². The first-order chi connectivity index (χ1) is 14.9. The summed E-state index contributed by atoms with van der Waals surface area (Å²) < 4.78 is 11.0. The molecule has 1 fully saturated rings. The van der Waals surface area contributed by atoms with Crippen LogP contribution in [0.4, 0.5) is 17.1 Å². The third kappa shape index (κ3) is 6.12. The monoisotopic (exact) mass is 446 g/mol. The molecule has 1 heterocycles. The number of nitrogens with zero attached hydrogens (tertiary/aromatic N) is 1. The summed E-state index contributed by atoms with van der Waals surface area (Å²) in [5.41, 5.74) is 3.85. The Hall–Kier alpha value is -2.28. The number of anilines is 3. The van der Waals surface area contributed by atoms with E-state index in [2.05, 4.69) is 30.1 Å². The standard InChI is InChI=1S/C24H31ClN2O4/c1-16(2)23-15-31-11-10-27(23)22-9-4-17(18(14-30-3)13-24(28)29)12-21(22)26-20-7-5-19(25)6-8-20/h4-9,12,16,18,23,26H,10-11,13-15H2,1-3H3,(H,28,29)/t18?,23-/m1/s1. The topological polar surface area (TPSA) is 71.0 Å². The van der Waals surface area contributed by atoms with Crippen LogP contribution in [-0.2, 0) is 14.3 Å². The molecule has 2 N–H and O–H groups in total. The Morgan fingerprint density at radius 3 is 2.68 bits per heavy atom. The number of hydrogen-bond acceptors (Lipinski definition) is 5. The molecule has 2 aromatic carbocycles. The smallest absolute Gasteiger partial charge is 0.304 e. The van der Waals surface area contributed by atoms with Crippen LogP contribution in [0.1, 0.15) is 31.7 Å². The summed E-state index contributed by atoms with van der Waals surface area (Å²) in [5.74, 6) is -0.643. The van der Waals surface area contributed by atoms with Crippen molar-refractivity contribution in [3.8, 4) is 0 Å². The molecule has 0 radical (unpaired) electrons. The van der Waals surface area contributed by atoms with Gasteiger partial charge < -0.3 is 24.8 Å². The fraction of sp³-hybridized carbons (Fsp3) is 0.458. The van der Waals surface area contributed by atoms with E-state index in [-0.39, 0.29) is 18.4 Å². The fourth-order valence-electron chi connectivity index (χ4n) is 4.01. The van der Waals surface area contributed by atoms with Crippen molar-refractivity contribution in [3.05, 3.63) is 53.1 Å². The maximum atomic E-state index is 11.4. The van der Waals surface area contributed by atoms with Gasteiger partial charge in [-0.3, -0.25) is 4.79 Å². The molecule has 168 valence electrons. The van der Waals surface area contributed by atoms with E-state index in [1.807, 2.05) is 36.4 Å². The van der Waals surface area contributed by atoms with Crippen molar-refractivity contribution < 1.29 is 19.4 Å². The number of ether oxygens (including phenoxy) is 2. The number of rotatable bonds is 9. The molecule has 1 aliphatic rings. The molecule has 3 rings (SSSR count). The lowest BCUT2D eigenvalue weighted by Crippen LogP contribution is -2.48. The highest BCUT2D eigenvalue weighted by Crippen LogP contribution is 2.36. The molecule has 0 aliphatic carbocycles. The van der Waals surface area contributed by atoms with Crippen molar-refractivity contribution in [2.45, 2.75) is 32.2 Å². The van der Waals surface area contributed by atoms with Gasteiger partial charge in [-0.2, -0.15) is 0 Å². The highest BCUT2D eigenvalue weighted by Gasteiger charge is 2.28. The van der Waals surface area contributed by atoms with Crippen LogP contribution < -0.4 is 10.2 Å². The van der Waals surface area contributed by atoms with E-state index in [0.29, 0.717) is 30.8 Å². The van der Waals surface area contributed by atoms with E-state index >= 15 is 0 Å². The summed E-state index contributed by atoms with van der Waals surface area (Å²) in [6, 6.07) is 14.0. The first kappa shape index (κ1) is 23.4. The van der Waals surface area contributed by atoms with Gasteiger partial charge in [0.15, 0.2) is 0 Å². The van der Waals surface area contributed by atoms with E-state index in [1.54, 1.807) is 7.11 Å². The minimum absolute atomic E-state index is 0.0136. The summed E-state index contributed by atoms with van der Waals surface area (Å²) >= 11 is 6.05. The first-order valence-corrected chi connectivity index (χ1v) is 11.0. The second kappa shape index (κ2) is 10.8. The van der Waals surface area contributed by atoms with Crippen molar-refractivity contribution >= 4 is 34.6 Å². The number of halogens is 1. The highest BCUT2D eigenvalue weighted by atomic mass is 35.5. The average Bonchev–Trinajstić information content (AvgIpc) is 2.75. The molecular weight excluding hydrogens is 416 g/mol. The molecular formula is C24H31ClN2O4. The summed E-state index contributed by atoms with van der Waals surface area (Å²) in [5, 5.41) is 13.5. The third-order valence-corrected chi connectivity index (χ3v) is 5.90. The molecule has 0 aromatic heterocycles. The summed E-state index contributed by atoms with van der Waals surface area (Å²) in [4.78, 5) is 13.8. The Morgan fingerprint density at radius 1 is 1.29 bits per heavy atom. The zero-order valence-electron chi connectivity index (χ0n) is 18.3. The highest BCUT2D eigenvalue weighted by molar-refractivity contribution is 6.30. The number of hydrogen-bond donors (Lipinski definition) is 2. The number of nitrogens with one attached hydrogen (secondary N) is 1. The number of carboxylic acids is 1. The zero-order chi connectivity index (χ0) is 22.4. The van der Waals surface area contributed by atoms with Gasteiger partial charge in [-0.25, -0.2) is 0 Å². The van der Waals surface area contributed by atoms with Crippen molar-refractivity contribution in [1.29, 1.82) is 0 Å². The minimum atomic E-state index is -0.841. The summed E-state index contributed by atoms with van der Waals surface area (Å²) in [6.45, 7) is 6.91. The molecule has 1 saturated heterocycles.